The molecule has 0 radical (unpaired) electrons. The van der Waals surface area contributed by atoms with Gasteiger partial charge in [0.1, 0.15) is 0 Å². The molecule has 6 nitrogen and oxygen atoms in total. The molecular formula is C15H14N2O4. The van der Waals surface area contributed by atoms with Crippen molar-refractivity contribution in [3.63, 3.8) is 0 Å². The van der Waals surface area contributed by atoms with Crippen molar-refractivity contribution >= 4 is 17.6 Å². The zero-order valence-corrected chi connectivity index (χ0v) is 11.3. The molecule has 1 heterocycles. The Morgan fingerprint density at radius 3 is 2.33 bits per heavy atom. The third kappa shape index (κ3) is 3.17. The Kier molecular flexibility index (Phi) is 4.18. The van der Waals surface area contributed by atoms with Crippen molar-refractivity contribution in [2.75, 3.05) is 5.32 Å². The summed E-state index contributed by atoms with van der Waals surface area (Å²) in [6, 6.07) is 10.3. The van der Waals surface area contributed by atoms with Crippen LogP contribution in [0.25, 0.3) is 0 Å². The van der Waals surface area contributed by atoms with Crippen LogP contribution in [0.4, 0.5) is 5.69 Å². The van der Waals surface area contributed by atoms with E-state index in [1.165, 1.54) is 12.3 Å². The summed E-state index contributed by atoms with van der Waals surface area (Å²) in [5.74, 6) is -2.48. The first kappa shape index (κ1) is 14.5. The number of aromatic carboxylic acids is 2. The van der Waals surface area contributed by atoms with Gasteiger partial charge in [0.05, 0.1) is 11.3 Å². The number of hydrogen-bond donors (Lipinski definition) is 3. The molecule has 0 amide bonds. The van der Waals surface area contributed by atoms with Crippen molar-refractivity contribution in [3.8, 4) is 0 Å². The van der Waals surface area contributed by atoms with E-state index < -0.39 is 11.9 Å². The molecule has 0 bridgehead atoms. The molecule has 0 aliphatic carbocycles. The summed E-state index contributed by atoms with van der Waals surface area (Å²) in [6.07, 6.45) is 1.17. The predicted octanol–water partition coefficient (Wildman–Crippen LogP) is 2.65. The standard InChI is InChI=1S/C15H14N2O4/c1-9(10-5-3-2-4-6-10)17-12-11(14(18)19)7-8-16-13(12)15(20)21/h2-9,17H,1H3,(H,18,19)(H,20,21). The van der Waals surface area contributed by atoms with Crippen LogP contribution in [-0.4, -0.2) is 27.1 Å². The Balaban J connectivity index is 2.42. The van der Waals surface area contributed by atoms with Gasteiger partial charge in [-0.05, 0) is 18.6 Å². The summed E-state index contributed by atoms with van der Waals surface area (Å²) in [7, 11) is 0. The van der Waals surface area contributed by atoms with E-state index in [1.807, 2.05) is 37.3 Å². The van der Waals surface area contributed by atoms with Gasteiger partial charge >= 0.3 is 11.9 Å². The number of benzene rings is 1. The van der Waals surface area contributed by atoms with Crippen LogP contribution in [-0.2, 0) is 0 Å². The average Bonchev–Trinajstić information content (AvgIpc) is 2.47. The quantitative estimate of drug-likeness (QED) is 0.781. The van der Waals surface area contributed by atoms with Crippen molar-refractivity contribution in [1.29, 1.82) is 0 Å². The van der Waals surface area contributed by atoms with Crippen molar-refractivity contribution in [2.45, 2.75) is 13.0 Å². The van der Waals surface area contributed by atoms with E-state index in [0.717, 1.165) is 5.56 Å². The number of aromatic nitrogens is 1. The highest BCUT2D eigenvalue weighted by Crippen LogP contribution is 2.25. The maximum absolute atomic E-state index is 11.3. The topological polar surface area (TPSA) is 99.5 Å². The molecule has 1 aromatic carbocycles. The number of hydrogen-bond acceptors (Lipinski definition) is 4. The van der Waals surface area contributed by atoms with Gasteiger partial charge in [0, 0.05) is 12.2 Å². The van der Waals surface area contributed by atoms with Gasteiger partial charge in [-0.25, -0.2) is 14.6 Å². The van der Waals surface area contributed by atoms with Gasteiger partial charge in [0.2, 0.25) is 0 Å². The number of nitrogens with one attached hydrogen (secondary N) is 1. The molecule has 1 unspecified atom stereocenters. The Hall–Kier alpha value is -2.89. The lowest BCUT2D eigenvalue weighted by molar-refractivity contribution is 0.0691. The molecular weight excluding hydrogens is 272 g/mol. The highest BCUT2D eigenvalue weighted by atomic mass is 16.4. The first-order chi connectivity index (χ1) is 10.0. The average molecular weight is 286 g/mol. The Labute approximate surface area is 121 Å². The molecule has 1 atom stereocenters. The Bertz CT molecular complexity index is 638. The number of nitrogens with zero attached hydrogens (tertiary/aromatic N) is 1. The van der Waals surface area contributed by atoms with Crippen LogP contribution in [0.1, 0.15) is 39.4 Å². The molecule has 108 valence electrons. The highest BCUT2D eigenvalue weighted by Gasteiger charge is 2.21. The lowest BCUT2D eigenvalue weighted by Crippen LogP contribution is -2.16. The third-order valence-electron chi connectivity index (χ3n) is 3.04. The molecule has 0 aliphatic rings. The minimum absolute atomic E-state index is 0.00820. The fourth-order valence-electron chi connectivity index (χ4n) is 1.99. The van der Waals surface area contributed by atoms with Gasteiger partial charge in [-0.15, -0.1) is 0 Å². The summed E-state index contributed by atoms with van der Waals surface area (Å²) in [4.78, 5) is 26.2. The molecule has 2 aromatic rings. The normalized spacial score (nSPS) is 11.7. The van der Waals surface area contributed by atoms with Crippen molar-refractivity contribution in [1.82, 2.24) is 4.98 Å². The lowest BCUT2D eigenvalue weighted by atomic mass is 10.1. The number of carboxylic acid groups (broad SMARTS) is 2. The van der Waals surface area contributed by atoms with Crippen LogP contribution >= 0.6 is 0 Å². The van der Waals surface area contributed by atoms with E-state index in [0.29, 0.717) is 0 Å². The van der Waals surface area contributed by atoms with E-state index in [2.05, 4.69) is 10.3 Å². The van der Waals surface area contributed by atoms with E-state index in [-0.39, 0.29) is 23.0 Å². The maximum atomic E-state index is 11.3. The minimum Gasteiger partial charge on any atom is -0.478 e. The molecule has 6 heteroatoms. The molecule has 0 aliphatic heterocycles. The van der Waals surface area contributed by atoms with Crippen molar-refractivity contribution in [3.05, 3.63) is 59.4 Å². The molecule has 0 saturated heterocycles. The van der Waals surface area contributed by atoms with E-state index in [9.17, 15) is 14.7 Å². The monoisotopic (exact) mass is 286 g/mol. The summed E-state index contributed by atoms with van der Waals surface area (Å²) < 4.78 is 0. The molecule has 0 spiro atoms. The number of carboxylic acids is 2. The van der Waals surface area contributed by atoms with Crippen LogP contribution in [0.3, 0.4) is 0 Å². The molecule has 0 saturated carbocycles. The number of pyridine rings is 1. The first-order valence-electron chi connectivity index (χ1n) is 6.27. The lowest BCUT2D eigenvalue weighted by Gasteiger charge is -2.18. The minimum atomic E-state index is -1.28. The van der Waals surface area contributed by atoms with Gasteiger partial charge in [0.15, 0.2) is 5.69 Å². The fourth-order valence-corrected chi connectivity index (χ4v) is 1.99. The van der Waals surface area contributed by atoms with Crippen molar-refractivity contribution < 1.29 is 19.8 Å². The first-order valence-corrected chi connectivity index (χ1v) is 6.27. The second kappa shape index (κ2) is 6.04. The molecule has 0 fully saturated rings. The largest absolute Gasteiger partial charge is 0.478 e. The van der Waals surface area contributed by atoms with Crippen LogP contribution in [0.5, 0.6) is 0 Å². The Morgan fingerprint density at radius 2 is 1.76 bits per heavy atom. The van der Waals surface area contributed by atoms with Gasteiger partial charge in [-0.3, -0.25) is 0 Å². The summed E-state index contributed by atoms with van der Waals surface area (Å²) >= 11 is 0. The van der Waals surface area contributed by atoms with E-state index in [1.54, 1.807) is 0 Å². The smallest absolute Gasteiger partial charge is 0.356 e. The number of rotatable bonds is 5. The second-order valence-corrected chi connectivity index (χ2v) is 4.47. The summed E-state index contributed by atoms with van der Waals surface area (Å²) in [5.41, 5.74) is 0.491. The Morgan fingerprint density at radius 1 is 1.10 bits per heavy atom. The highest BCUT2D eigenvalue weighted by molar-refractivity contribution is 6.01. The molecule has 1 aromatic heterocycles. The molecule has 2 rings (SSSR count). The maximum Gasteiger partial charge on any atom is 0.356 e. The SMILES string of the molecule is CC(Nc1c(C(=O)O)ccnc1C(=O)O)c1ccccc1. The van der Waals surface area contributed by atoms with Crippen LogP contribution in [0.15, 0.2) is 42.6 Å². The predicted molar refractivity (Wildman–Crippen MR) is 76.6 cm³/mol. The summed E-state index contributed by atoms with van der Waals surface area (Å²) in [6.45, 7) is 1.82. The van der Waals surface area contributed by atoms with Crippen LogP contribution in [0.2, 0.25) is 0 Å². The number of carbonyl (C=O) groups is 2. The number of anilines is 1. The molecule has 3 N–H and O–H groups in total. The fraction of sp³-hybridized carbons (Fsp3) is 0.133. The molecule has 21 heavy (non-hydrogen) atoms. The van der Waals surface area contributed by atoms with E-state index in [4.69, 9.17) is 5.11 Å². The van der Waals surface area contributed by atoms with Crippen LogP contribution in [0, 0.1) is 0 Å². The van der Waals surface area contributed by atoms with Crippen LogP contribution < -0.4 is 5.32 Å². The van der Waals surface area contributed by atoms with Gasteiger partial charge in [-0.2, -0.15) is 0 Å². The zero-order chi connectivity index (χ0) is 15.4. The van der Waals surface area contributed by atoms with Crippen molar-refractivity contribution in [2.24, 2.45) is 0 Å². The van der Waals surface area contributed by atoms with Gasteiger partial charge < -0.3 is 15.5 Å². The van der Waals surface area contributed by atoms with Gasteiger partial charge in [-0.1, -0.05) is 30.3 Å². The third-order valence-corrected chi connectivity index (χ3v) is 3.04. The second-order valence-electron chi connectivity index (χ2n) is 4.47. The summed E-state index contributed by atoms with van der Waals surface area (Å²) in [5, 5.41) is 21.3. The van der Waals surface area contributed by atoms with Gasteiger partial charge in [0.25, 0.3) is 0 Å². The zero-order valence-electron chi connectivity index (χ0n) is 11.3. The van der Waals surface area contributed by atoms with E-state index >= 15 is 0 Å².